The normalized spacial score (nSPS) is 22.5. The summed E-state index contributed by atoms with van der Waals surface area (Å²) in [5, 5.41) is 3.94. The predicted octanol–water partition coefficient (Wildman–Crippen LogP) is 1.64. The van der Waals surface area contributed by atoms with E-state index in [2.05, 4.69) is 10.3 Å². The number of nitrogens with one attached hydrogen (secondary N) is 2. The highest BCUT2D eigenvalue weighted by atomic mass is 32.2. The van der Waals surface area contributed by atoms with Crippen LogP contribution >= 0.6 is 11.8 Å². The standard InChI is InChI=1S/C19H24N4O2S/c1-2-21-18(24)17-8-12(20)9-23(17)19(25)11-3-4-15-13(7-11)14-10-26-6-5-16(14)22-15/h3-4,7,12,17,22H,2,5-6,8-10,20H2,1H3,(H,21,24)/t12-,17+/m1/s1. The van der Waals surface area contributed by atoms with Crippen LogP contribution in [-0.4, -0.2) is 52.6 Å². The minimum atomic E-state index is -0.483. The summed E-state index contributed by atoms with van der Waals surface area (Å²) in [6, 6.07) is 5.15. The van der Waals surface area contributed by atoms with Crippen molar-refractivity contribution in [3.63, 3.8) is 0 Å². The van der Waals surface area contributed by atoms with E-state index in [-0.39, 0.29) is 17.9 Å². The molecule has 4 N–H and O–H groups in total. The predicted molar refractivity (Wildman–Crippen MR) is 104 cm³/mol. The van der Waals surface area contributed by atoms with Crippen molar-refractivity contribution >= 4 is 34.5 Å². The van der Waals surface area contributed by atoms with E-state index in [4.69, 9.17) is 5.73 Å². The molecule has 0 saturated carbocycles. The number of hydrogen-bond acceptors (Lipinski definition) is 4. The van der Waals surface area contributed by atoms with Gasteiger partial charge < -0.3 is 20.9 Å². The number of H-pyrrole nitrogens is 1. The molecule has 0 radical (unpaired) electrons. The van der Waals surface area contributed by atoms with Gasteiger partial charge in [-0.25, -0.2) is 0 Å². The monoisotopic (exact) mass is 372 g/mol. The number of nitrogens with zero attached hydrogens (tertiary/aromatic N) is 1. The van der Waals surface area contributed by atoms with Crippen molar-refractivity contribution in [2.24, 2.45) is 5.73 Å². The zero-order valence-electron chi connectivity index (χ0n) is 14.9. The number of hydrogen-bond donors (Lipinski definition) is 3. The molecule has 3 heterocycles. The van der Waals surface area contributed by atoms with Crippen LogP contribution in [0.5, 0.6) is 0 Å². The van der Waals surface area contributed by atoms with Crippen molar-refractivity contribution in [2.75, 3.05) is 18.8 Å². The fourth-order valence-electron chi connectivity index (χ4n) is 3.96. The number of fused-ring (bicyclic) bond motifs is 3. The number of nitrogens with two attached hydrogens (primary N) is 1. The average molecular weight is 372 g/mol. The van der Waals surface area contributed by atoms with Gasteiger partial charge in [-0.05, 0) is 49.3 Å². The van der Waals surface area contributed by atoms with Crippen LogP contribution in [-0.2, 0) is 17.0 Å². The summed E-state index contributed by atoms with van der Waals surface area (Å²) in [4.78, 5) is 30.6. The van der Waals surface area contributed by atoms with Gasteiger partial charge in [0.25, 0.3) is 5.91 Å². The first-order valence-electron chi connectivity index (χ1n) is 9.14. The number of aromatic amines is 1. The number of thioether (sulfide) groups is 1. The second kappa shape index (κ2) is 6.96. The van der Waals surface area contributed by atoms with Crippen LogP contribution in [0.4, 0.5) is 0 Å². The van der Waals surface area contributed by atoms with Gasteiger partial charge in [0.15, 0.2) is 0 Å². The smallest absolute Gasteiger partial charge is 0.254 e. The van der Waals surface area contributed by atoms with Gasteiger partial charge in [-0.1, -0.05) is 0 Å². The van der Waals surface area contributed by atoms with E-state index >= 15 is 0 Å². The number of likely N-dealkylation sites (tertiary alicyclic amines) is 1. The number of benzene rings is 1. The van der Waals surface area contributed by atoms with E-state index in [0.29, 0.717) is 25.1 Å². The Balaban J connectivity index is 1.65. The Hall–Kier alpha value is -1.99. The molecule has 138 valence electrons. The Morgan fingerprint density at radius 2 is 2.27 bits per heavy atom. The van der Waals surface area contributed by atoms with Crippen LogP contribution in [0, 0.1) is 0 Å². The molecule has 1 aromatic carbocycles. The number of aromatic nitrogens is 1. The van der Waals surface area contributed by atoms with E-state index < -0.39 is 6.04 Å². The molecule has 0 spiro atoms. The lowest BCUT2D eigenvalue weighted by Crippen LogP contribution is -2.45. The van der Waals surface area contributed by atoms with Gasteiger partial charge in [0.05, 0.1) is 0 Å². The minimum absolute atomic E-state index is 0.116. The Bertz CT molecular complexity index is 863. The van der Waals surface area contributed by atoms with Gasteiger partial charge in [0, 0.05) is 47.0 Å². The molecule has 4 rings (SSSR count). The molecule has 2 amide bonds. The maximum Gasteiger partial charge on any atom is 0.254 e. The van der Waals surface area contributed by atoms with Gasteiger partial charge in [-0.3, -0.25) is 9.59 Å². The molecule has 2 aliphatic rings. The molecule has 6 nitrogen and oxygen atoms in total. The van der Waals surface area contributed by atoms with E-state index in [1.165, 1.54) is 11.3 Å². The lowest BCUT2D eigenvalue weighted by atomic mass is 10.1. The summed E-state index contributed by atoms with van der Waals surface area (Å²) in [7, 11) is 0. The van der Waals surface area contributed by atoms with Crippen molar-refractivity contribution in [2.45, 2.75) is 37.6 Å². The van der Waals surface area contributed by atoms with Gasteiger partial charge in [-0.2, -0.15) is 11.8 Å². The zero-order valence-corrected chi connectivity index (χ0v) is 15.7. The lowest BCUT2D eigenvalue weighted by molar-refractivity contribution is -0.124. The average Bonchev–Trinajstić information content (AvgIpc) is 3.21. The van der Waals surface area contributed by atoms with Crippen molar-refractivity contribution in [1.82, 2.24) is 15.2 Å². The summed E-state index contributed by atoms with van der Waals surface area (Å²) in [6.07, 6.45) is 1.55. The van der Waals surface area contributed by atoms with Crippen molar-refractivity contribution in [3.8, 4) is 0 Å². The van der Waals surface area contributed by atoms with E-state index in [0.717, 1.165) is 28.8 Å². The van der Waals surface area contributed by atoms with Crippen LogP contribution in [0.25, 0.3) is 10.9 Å². The topological polar surface area (TPSA) is 91.2 Å². The number of carbonyl (C=O) groups is 2. The van der Waals surface area contributed by atoms with Gasteiger partial charge >= 0.3 is 0 Å². The third kappa shape index (κ3) is 2.99. The Morgan fingerprint density at radius 3 is 3.08 bits per heavy atom. The molecule has 2 aliphatic heterocycles. The highest BCUT2D eigenvalue weighted by Crippen LogP contribution is 2.32. The molecule has 1 saturated heterocycles. The molecule has 7 heteroatoms. The Kier molecular flexibility index (Phi) is 4.67. The fourth-order valence-corrected chi connectivity index (χ4v) is 4.99. The molecule has 1 aromatic heterocycles. The molecule has 0 aliphatic carbocycles. The number of carbonyl (C=O) groups excluding carboxylic acids is 2. The van der Waals surface area contributed by atoms with Crippen LogP contribution in [0.3, 0.4) is 0 Å². The molecular formula is C19H24N4O2S. The highest BCUT2D eigenvalue weighted by Gasteiger charge is 2.38. The van der Waals surface area contributed by atoms with Crippen LogP contribution < -0.4 is 11.1 Å². The molecular weight excluding hydrogens is 348 g/mol. The number of aryl methyl sites for hydroxylation is 1. The largest absolute Gasteiger partial charge is 0.358 e. The Labute approximate surface area is 156 Å². The fraction of sp³-hybridized carbons (Fsp3) is 0.474. The van der Waals surface area contributed by atoms with Crippen LogP contribution in [0.1, 0.15) is 35.0 Å². The van der Waals surface area contributed by atoms with Crippen LogP contribution in [0.15, 0.2) is 18.2 Å². The van der Waals surface area contributed by atoms with Crippen molar-refractivity contribution < 1.29 is 9.59 Å². The summed E-state index contributed by atoms with van der Waals surface area (Å²) in [5.74, 6) is 1.87. The summed E-state index contributed by atoms with van der Waals surface area (Å²) in [6.45, 7) is 2.84. The lowest BCUT2D eigenvalue weighted by Gasteiger charge is -2.23. The summed E-state index contributed by atoms with van der Waals surface area (Å²) >= 11 is 1.92. The molecule has 2 aromatic rings. The molecule has 0 bridgehead atoms. The maximum absolute atomic E-state index is 13.1. The van der Waals surface area contributed by atoms with Crippen molar-refractivity contribution in [1.29, 1.82) is 0 Å². The van der Waals surface area contributed by atoms with Crippen LogP contribution in [0.2, 0.25) is 0 Å². The third-order valence-corrected chi connectivity index (χ3v) is 6.22. The number of amides is 2. The number of likely N-dealkylation sites (N-methyl/N-ethyl adjacent to an activating group) is 1. The third-order valence-electron chi connectivity index (χ3n) is 5.23. The molecule has 2 atom stereocenters. The SMILES string of the molecule is CCNC(=O)[C@@H]1C[C@@H](N)CN1C(=O)c1ccc2[nH]c3c(c2c1)CSCC3. The quantitative estimate of drug-likeness (QED) is 0.764. The van der Waals surface area contributed by atoms with E-state index in [1.807, 2.05) is 36.9 Å². The van der Waals surface area contributed by atoms with E-state index in [1.54, 1.807) is 4.90 Å². The Morgan fingerprint density at radius 1 is 1.42 bits per heavy atom. The summed E-state index contributed by atoms with van der Waals surface area (Å²) < 4.78 is 0. The second-order valence-corrected chi connectivity index (χ2v) is 8.11. The van der Waals surface area contributed by atoms with E-state index in [9.17, 15) is 9.59 Å². The first-order valence-corrected chi connectivity index (χ1v) is 10.3. The first-order chi connectivity index (χ1) is 12.6. The molecule has 1 fully saturated rings. The zero-order chi connectivity index (χ0) is 18.3. The molecule has 0 unspecified atom stereocenters. The van der Waals surface area contributed by atoms with Gasteiger partial charge in [0.2, 0.25) is 5.91 Å². The maximum atomic E-state index is 13.1. The van der Waals surface area contributed by atoms with Gasteiger partial charge in [-0.15, -0.1) is 0 Å². The summed E-state index contributed by atoms with van der Waals surface area (Å²) in [5.41, 5.74) is 10.3. The second-order valence-electron chi connectivity index (χ2n) is 7.01. The molecule has 26 heavy (non-hydrogen) atoms. The first kappa shape index (κ1) is 17.4. The number of rotatable bonds is 3. The van der Waals surface area contributed by atoms with Crippen molar-refractivity contribution in [3.05, 3.63) is 35.0 Å². The minimum Gasteiger partial charge on any atom is -0.358 e. The highest BCUT2D eigenvalue weighted by molar-refractivity contribution is 7.98. The van der Waals surface area contributed by atoms with Gasteiger partial charge in [0.1, 0.15) is 6.04 Å².